The Morgan fingerprint density at radius 1 is 1.03 bits per heavy atom. The van der Waals surface area contributed by atoms with Gasteiger partial charge >= 0.3 is 0 Å². The fraction of sp³-hybridized carbons (Fsp3) is 0.348. The second kappa shape index (κ2) is 9.58. The van der Waals surface area contributed by atoms with Crippen molar-refractivity contribution >= 4 is 16.9 Å². The number of nitrogens with two attached hydrogens (primary N) is 1. The molecule has 152 valence electrons. The van der Waals surface area contributed by atoms with Gasteiger partial charge in [0.2, 0.25) is 0 Å². The lowest BCUT2D eigenvalue weighted by Crippen LogP contribution is -2.47. The number of hydrogen-bond acceptors (Lipinski definition) is 5. The van der Waals surface area contributed by atoms with E-state index in [1.54, 1.807) is 4.90 Å². The molecule has 1 amide bonds. The molecular weight excluding hydrogens is 364 g/mol. The maximum atomic E-state index is 13.1. The minimum Gasteiger partial charge on any atom is -0.390 e. The summed E-state index contributed by atoms with van der Waals surface area (Å²) in [6.07, 6.45) is 1.20. The number of hydrogen-bond donors (Lipinski definition) is 2. The fourth-order valence-corrected chi connectivity index (χ4v) is 3.29. The molecule has 3 N–H and O–H groups in total. The van der Waals surface area contributed by atoms with Gasteiger partial charge in [-0.05, 0) is 30.0 Å². The summed E-state index contributed by atoms with van der Waals surface area (Å²) in [5.74, 6) is -0.00664. The Kier molecular flexibility index (Phi) is 6.90. The minimum absolute atomic E-state index is 0.152. The third kappa shape index (κ3) is 5.59. The molecule has 3 aromatic rings. The lowest BCUT2D eigenvalue weighted by atomic mass is 10.0. The van der Waals surface area contributed by atoms with Crippen LogP contribution in [0, 0.1) is 5.92 Å². The van der Waals surface area contributed by atoms with Crippen molar-refractivity contribution in [3.8, 4) is 0 Å². The lowest BCUT2D eigenvalue weighted by molar-refractivity contribution is 0.0540. The second-order valence-corrected chi connectivity index (χ2v) is 7.77. The van der Waals surface area contributed by atoms with E-state index in [-0.39, 0.29) is 24.1 Å². The quantitative estimate of drug-likeness (QED) is 0.615. The molecule has 1 aromatic heterocycles. The van der Waals surface area contributed by atoms with Crippen LogP contribution in [0.2, 0.25) is 0 Å². The number of nitrogens with zero attached hydrogens (tertiary/aromatic N) is 3. The molecule has 0 unspecified atom stereocenters. The molecule has 0 radical (unpaired) electrons. The van der Waals surface area contributed by atoms with Crippen LogP contribution in [0.1, 0.15) is 29.9 Å². The van der Waals surface area contributed by atoms with Crippen LogP contribution in [0.5, 0.6) is 0 Å². The summed E-state index contributed by atoms with van der Waals surface area (Å²) in [4.78, 5) is 23.5. The van der Waals surface area contributed by atoms with E-state index >= 15 is 0 Å². The number of amides is 1. The maximum Gasteiger partial charge on any atom is 0.274 e. The standard InChI is InChI=1S/C23H28N4O2/c1-16(2)14-27(15-22(28)18(24)12-17-8-4-3-5-9-17)23(29)21-13-25-19-10-6-7-11-20(19)26-21/h3-11,13,16,18,22,28H,12,14-15,24H2,1-2H3/t18-,22+/m0/s1. The first-order chi connectivity index (χ1) is 13.9. The van der Waals surface area contributed by atoms with E-state index in [0.29, 0.717) is 18.5 Å². The summed E-state index contributed by atoms with van der Waals surface area (Å²) in [5, 5.41) is 10.7. The van der Waals surface area contributed by atoms with Gasteiger partial charge in [-0.25, -0.2) is 4.98 Å². The van der Waals surface area contributed by atoms with Gasteiger partial charge in [0.05, 0.1) is 23.3 Å². The van der Waals surface area contributed by atoms with Gasteiger partial charge in [-0.2, -0.15) is 0 Å². The number of carbonyl (C=O) groups excluding carboxylic acids is 1. The summed E-state index contributed by atoms with van der Waals surface area (Å²) in [7, 11) is 0. The third-order valence-electron chi connectivity index (χ3n) is 4.76. The van der Waals surface area contributed by atoms with Crippen molar-refractivity contribution in [3.05, 3.63) is 72.1 Å². The number of aliphatic hydroxyl groups excluding tert-OH is 1. The lowest BCUT2D eigenvalue weighted by Gasteiger charge is -2.29. The Bertz CT molecular complexity index is 946. The van der Waals surface area contributed by atoms with E-state index in [0.717, 1.165) is 11.1 Å². The number of para-hydroxylation sites is 2. The van der Waals surface area contributed by atoms with Crippen molar-refractivity contribution in [2.75, 3.05) is 13.1 Å². The van der Waals surface area contributed by atoms with Gasteiger partial charge in [0.1, 0.15) is 5.69 Å². The maximum absolute atomic E-state index is 13.1. The first-order valence-corrected chi connectivity index (χ1v) is 9.92. The average molecular weight is 393 g/mol. The smallest absolute Gasteiger partial charge is 0.274 e. The Balaban J connectivity index is 1.74. The molecule has 0 aliphatic heterocycles. The SMILES string of the molecule is CC(C)CN(C[C@@H](O)[C@@H](N)Cc1ccccc1)C(=O)c1cnc2ccccc2n1. The van der Waals surface area contributed by atoms with E-state index in [1.165, 1.54) is 6.20 Å². The molecule has 2 atom stereocenters. The van der Waals surface area contributed by atoms with Gasteiger partial charge in [0.25, 0.3) is 5.91 Å². The molecular formula is C23H28N4O2. The molecule has 0 aliphatic rings. The van der Waals surface area contributed by atoms with Crippen molar-refractivity contribution in [1.29, 1.82) is 0 Å². The predicted octanol–water partition coefficient (Wildman–Crippen LogP) is 2.66. The third-order valence-corrected chi connectivity index (χ3v) is 4.76. The van der Waals surface area contributed by atoms with Crippen molar-refractivity contribution in [2.45, 2.75) is 32.4 Å². The van der Waals surface area contributed by atoms with E-state index in [2.05, 4.69) is 9.97 Å². The molecule has 6 heteroatoms. The van der Waals surface area contributed by atoms with E-state index < -0.39 is 12.1 Å². The molecule has 29 heavy (non-hydrogen) atoms. The van der Waals surface area contributed by atoms with Gasteiger partial charge in [0.15, 0.2) is 0 Å². The zero-order valence-corrected chi connectivity index (χ0v) is 16.9. The van der Waals surface area contributed by atoms with Crippen LogP contribution < -0.4 is 5.73 Å². The first-order valence-electron chi connectivity index (χ1n) is 9.92. The number of aromatic nitrogens is 2. The summed E-state index contributed by atoms with van der Waals surface area (Å²) in [6.45, 7) is 4.72. The van der Waals surface area contributed by atoms with Crippen LogP contribution >= 0.6 is 0 Å². The van der Waals surface area contributed by atoms with E-state index in [4.69, 9.17) is 5.73 Å². The van der Waals surface area contributed by atoms with Gasteiger partial charge < -0.3 is 15.7 Å². The van der Waals surface area contributed by atoms with Crippen molar-refractivity contribution in [1.82, 2.24) is 14.9 Å². The predicted molar refractivity (Wildman–Crippen MR) is 114 cm³/mol. The Hall–Kier alpha value is -2.83. The number of carbonyl (C=O) groups is 1. The van der Waals surface area contributed by atoms with Crippen LogP contribution in [0.15, 0.2) is 60.8 Å². The second-order valence-electron chi connectivity index (χ2n) is 7.77. The highest BCUT2D eigenvalue weighted by molar-refractivity contribution is 5.93. The molecule has 1 heterocycles. The number of benzene rings is 2. The summed E-state index contributed by atoms with van der Waals surface area (Å²) in [6, 6.07) is 16.8. The molecule has 0 saturated heterocycles. The largest absolute Gasteiger partial charge is 0.390 e. The highest BCUT2D eigenvalue weighted by Crippen LogP contribution is 2.13. The summed E-state index contributed by atoms with van der Waals surface area (Å²) >= 11 is 0. The van der Waals surface area contributed by atoms with Gasteiger partial charge in [0, 0.05) is 19.1 Å². The molecule has 6 nitrogen and oxygen atoms in total. The van der Waals surface area contributed by atoms with Crippen molar-refractivity contribution < 1.29 is 9.90 Å². The Labute approximate surface area is 171 Å². The molecule has 0 spiro atoms. The van der Waals surface area contributed by atoms with Crippen LogP contribution in [-0.4, -0.2) is 51.1 Å². The minimum atomic E-state index is -0.841. The Morgan fingerprint density at radius 2 is 1.69 bits per heavy atom. The van der Waals surface area contributed by atoms with Crippen LogP contribution in [0.25, 0.3) is 11.0 Å². The van der Waals surface area contributed by atoms with Gasteiger partial charge in [-0.15, -0.1) is 0 Å². The summed E-state index contributed by atoms with van der Waals surface area (Å²) in [5.41, 5.74) is 8.96. The number of rotatable bonds is 8. The van der Waals surface area contributed by atoms with Crippen LogP contribution in [-0.2, 0) is 6.42 Å². The van der Waals surface area contributed by atoms with Gasteiger partial charge in [-0.3, -0.25) is 9.78 Å². The monoisotopic (exact) mass is 392 g/mol. The van der Waals surface area contributed by atoms with Gasteiger partial charge in [-0.1, -0.05) is 56.3 Å². The van der Waals surface area contributed by atoms with Crippen molar-refractivity contribution in [3.63, 3.8) is 0 Å². The van der Waals surface area contributed by atoms with Crippen LogP contribution in [0.3, 0.4) is 0 Å². The average Bonchev–Trinajstić information content (AvgIpc) is 2.72. The number of fused-ring (bicyclic) bond motifs is 1. The zero-order chi connectivity index (χ0) is 20.8. The van der Waals surface area contributed by atoms with Crippen molar-refractivity contribution in [2.24, 2.45) is 11.7 Å². The molecule has 0 aliphatic carbocycles. The fourth-order valence-electron chi connectivity index (χ4n) is 3.29. The number of aliphatic hydroxyl groups is 1. The molecule has 0 fully saturated rings. The topological polar surface area (TPSA) is 92.3 Å². The zero-order valence-electron chi connectivity index (χ0n) is 16.9. The molecule has 0 saturated carbocycles. The molecule has 3 rings (SSSR count). The normalized spacial score (nSPS) is 13.4. The van der Waals surface area contributed by atoms with E-state index in [1.807, 2.05) is 68.4 Å². The molecule has 0 bridgehead atoms. The first kappa shape index (κ1) is 20.9. The highest BCUT2D eigenvalue weighted by atomic mass is 16.3. The molecule has 2 aromatic carbocycles. The summed E-state index contributed by atoms with van der Waals surface area (Å²) < 4.78 is 0. The Morgan fingerprint density at radius 3 is 2.38 bits per heavy atom. The highest BCUT2D eigenvalue weighted by Gasteiger charge is 2.25. The van der Waals surface area contributed by atoms with E-state index in [9.17, 15) is 9.90 Å². The van der Waals surface area contributed by atoms with Crippen LogP contribution in [0.4, 0.5) is 0 Å².